The normalized spacial score (nSPS) is 21.3. The zero-order chi connectivity index (χ0) is 59.3. The van der Waals surface area contributed by atoms with Crippen molar-refractivity contribution in [1.29, 1.82) is 0 Å². The molecule has 76 heavy (non-hydrogen) atoms. The van der Waals surface area contributed by atoms with Crippen molar-refractivity contribution >= 4 is 47.8 Å². The molecule has 0 saturated heterocycles. The van der Waals surface area contributed by atoms with Crippen molar-refractivity contribution in [2.45, 2.75) is 128 Å². The quantitative estimate of drug-likeness (QED) is 0.0414. The zero-order valence-electron chi connectivity index (χ0n) is 39.6. The van der Waals surface area contributed by atoms with Gasteiger partial charge < -0.3 is 37.9 Å². The molecule has 8 atom stereocenters. The lowest BCUT2D eigenvalue weighted by Crippen LogP contribution is -2.48. The molecule has 0 N–H and O–H groups in total. The second-order valence-corrected chi connectivity index (χ2v) is 16.7. The Morgan fingerprint density at radius 2 is 0.684 bits per heavy atom. The predicted octanol–water partition coefficient (Wildman–Crippen LogP) is 8.42. The van der Waals surface area contributed by atoms with Crippen LogP contribution in [-0.2, 0) is 76.3 Å². The van der Waals surface area contributed by atoms with Crippen LogP contribution >= 0.6 is 0 Å². The molecule has 2 aliphatic rings. The first kappa shape index (κ1) is 68.0. The highest BCUT2D eigenvalue weighted by Crippen LogP contribution is 2.43. The van der Waals surface area contributed by atoms with Crippen LogP contribution in [0.1, 0.15) is 66.2 Å². The van der Waals surface area contributed by atoms with Gasteiger partial charge in [-0.15, -0.1) is 0 Å². The van der Waals surface area contributed by atoms with Gasteiger partial charge >= 0.3 is 84.8 Å². The van der Waals surface area contributed by atoms with Crippen molar-refractivity contribution < 1.29 is 155 Å². The second-order valence-electron chi connectivity index (χ2n) is 16.7. The van der Waals surface area contributed by atoms with Gasteiger partial charge in [0.05, 0.1) is 35.5 Å². The molecule has 34 heteroatoms. The Balaban J connectivity index is 0.000000760. The number of carbonyl (C=O) groups excluding carboxylic acids is 8. The van der Waals surface area contributed by atoms with E-state index in [1.807, 2.05) is 0 Å². The number of hydrogen-bond acceptors (Lipinski definition) is 16. The standard InChI is InChI=1S/2C21H23F9O8/c1-9(2)14(31)35-4-5-36-15(32)11-6-12(16(33)37-10(3)19(22,23)24)8-13(7-11)17(34)38-18(20(25,26)27)21(28,29)30;1-9(2)14(31)35-6-7-36-16(33)13-8-11(15(32)37-10(3)19(22,23)24)4-5-12(13)17(34)38-18(20(25,26)27)21(28,29)30/h2*10-13,18H,1,4-8H2,2-3H3. The van der Waals surface area contributed by atoms with Crippen LogP contribution in [0.15, 0.2) is 24.3 Å². The van der Waals surface area contributed by atoms with Crippen molar-refractivity contribution in [3.8, 4) is 0 Å². The van der Waals surface area contributed by atoms with E-state index in [4.69, 9.17) is 9.47 Å². The second kappa shape index (κ2) is 27.3. The van der Waals surface area contributed by atoms with Gasteiger partial charge in [-0.1, -0.05) is 13.2 Å². The van der Waals surface area contributed by atoms with Crippen molar-refractivity contribution in [3.63, 3.8) is 0 Å². The van der Waals surface area contributed by atoms with Crippen molar-refractivity contribution in [2.24, 2.45) is 35.5 Å². The highest BCUT2D eigenvalue weighted by Gasteiger charge is 2.62. The molecule has 0 amide bonds. The van der Waals surface area contributed by atoms with Crippen molar-refractivity contribution in [1.82, 2.24) is 0 Å². The fourth-order valence-corrected chi connectivity index (χ4v) is 6.58. The molecule has 2 fully saturated rings. The van der Waals surface area contributed by atoms with Crippen LogP contribution in [0.4, 0.5) is 79.0 Å². The molecule has 0 radical (unpaired) electrons. The average Bonchev–Trinajstić information content (AvgIpc) is 3.27. The summed E-state index contributed by atoms with van der Waals surface area (Å²) in [5.74, 6) is -22.1. The van der Waals surface area contributed by atoms with Crippen LogP contribution in [0.5, 0.6) is 0 Å². The van der Waals surface area contributed by atoms with Gasteiger partial charge in [0, 0.05) is 11.1 Å². The number of rotatable bonds is 18. The van der Waals surface area contributed by atoms with Gasteiger partial charge in [-0.25, -0.2) is 9.59 Å². The summed E-state index contributed by atoms with van der Waals surface area (Å²) >= 11 is 0. The van der Waals surface area contributed by atoms with Gasteiger partial charge in [0.2, 0.25) is 0 Å². The Hall–Kier alpha value is -6.02. The minimum atomic E-state index is -6.05. The van der Waals surface area contributed by atoms with E-state index in [1.165, 1.54) is 13.8 Å². The summed E-state index contributed by atoms with van der Waals surface area (Å²) in [6.07, 6.45) is -52.6. The van der Waals surface area contributed by atoms with E-state index in [-0.39, 0.29) is 11.1 Å². The number of ether oxygens (including phenoxy) is 8. The van der Waals surface area contributed by atoms with E-state index in [0.29, 0.717) is 13.8 Å². The highest BCUT2D eigenvalue weighted by molar-refractivity contribution is 5.87. The van der Waals surface area contributed by atoms with Gasteiger partial charge in [0.1, 0.15) is 26.4 Å². The first-order valence-corrected chi connectivity index (χ1v) is 21.5. The first-order chi connectivity index (χ1) is 34.3. The summed E-state index contributed by atoms with van der Waals surface area (Å²) in [6.45, 7) is 7.86. The van der Waals surface area contributed by atoms with Gasteiger partial charge in [-0.3, -0.25) is 28.8 Å². The summed E-state index contributed by atoms with van der Waals surface area (Å²) in [7, 11) is 0. The molecular formula is C42H46F18O16. The number of esters is 8. The molecule has 0 spiro atoms. The number of carbonyl (C=O) groups is 8. The third-order valence-corrected chi connectivity index (χ3v) is 10.5. The Labute approximate surface area is 416 Å². The van der Waals surface area contributed by atoms with Gasteiger partial charge in [-0.05, 0) is 66.2 Å². The minimum absolute atomic E-state index is 0.00965. The van der Waals surface area contributed by atoms with E-state index in [1.54, 1.807) is 0 Å². The van der Waals surface area contributed by atoms with E-state index >= 15 is 0 Å². The SMILES string of the molecule is C=C(C)C(=O)OCCOC(=O)C1CC(C(=O)OC(C)C(F)(F)F)CC(C(=O)OC(C(F)(F)F)C(F)(F)F)C1.C=C(C)C(=O)OCCOC(=O)C1CC(C(=O)OC(C)C(F)(F)F)CCC1C(=O)OC(C(F)(F)F)C(F)(F)F. The lowest BCUT2D eigenvalue weighted by molar-refractivity contribution is -0.315. The summed E-state index contributed by atoms with van der Waals surface area (Å²) < 4.78 is 265. The Morgan fingerprint density at radius 1 is 0.382 bits per heavy atom. The topological polar surface area (TPSA) is 210 Å². The van der Waals surface area contributed by atoms with Crippen LogP contribution in [0, 0.1) is 35.5 Å². The van der Waals surface area contributed by atoms with Gasteiger partial charge in [0.15, 0.2) is 12.2 Å². The monoisotopic (exact) mass is 1150 g/mol. The van der Waals surface area contributed by atoms with Crippen LogP contribution in [0.25, 0.3) is 0 Å². The predicted molar refractivity (Wildman–Crippen MR) is 209 cm³/mol. The third-order valence-electron chi connectivity index (χ3n) is 10.5. The Bertz CT molecular complexity index is 2050. The first-order valence-electron chi connectivity index (χ1n) is 21.5. The smallest absolute Gasteiger partial charge is 0.434 e. The molecule has 0 aromatic heterocycles. The van der Waals surface area contributed by atoms with E-state index in [0.717, 1.165) is 0 Å². The highest BCUT2D eigenvalue weighted by atomic mass is 19.4. The zero-order valence-corrected chi connectivity index (χ0v) is 39.6. The fourth-order valence-electron chi connectivity index (χ4n) is 6.58. The molecule has 8 unspecified atom stereocenters. The lowest BCUT2D eigenvalue weighted by Gasteiger charge is -2.34. The van der Waals surface area contributed by atoms with Crippen molar-refractivity contribution in [3.05, 3.63) is 24.3 Å². The maximum Gasteiger partial charge on any atom is 0.434 e. The lowest BCUT2D eigenvalue weighted by atomic mass is 9.74. The van der Waals surface area contributed by atoms with Crippen LogP contribution in [0.3, 0.4) is 0 Å². The molecule has 436 valence electrons. The largest absolute Gasteiger partial charge is 0.462 e. The molecule has 0 heterocycles. The van der Waals surface area contributed by atoms with Crippen LogP contribution < -0.4 is 0 Å². The summed E-state index contributed by atoms with van der Waals surface area (Å²) in [4.78, 5) is 96.6. The van der Waals surface area contributed by atoms with Crippen LogP contribution in [0.2, 0.25) is 0 Å². The summed E-state index contributed by atoms with van der Waals surface area (Å²) in [5, 5.41) is 0. The van der Waals surface area contributed by atoms with Gasteiger partial charge in [-0.2, -0.15) is 79.0 Å². The number of hydrogen-bond donors (Lipinski definition) is 0. The molecule has 2 rings (SSSR count). The van der Waals surface area contributed by atoms with E-state index in [2.05, 4.69) is 41.6 Å². The fraction of sp³-hybridized carbons (Fsp3) is 0.714. The van der Waals surface area contributed by atoms with Gasteiger partial charge in [0.25, 0.3) is 12.2 Å². The molecule has 0 aliphatic heterocycles. The molecule has 0 aromatic carbocycles. The molecule has 2 saturated carbocycles. The number of alkyl halides is 18. The molecular weight excluding hydrogens is 1100 g/mol. The van der Waals surface area contributed by atoms with E-state index in [9.17, 15) is 117 Å². The number of halogens is 18. The summed E-state index contributed by atoms with van der Waals surface area (Å²) in [5.41, 5.74) is -0.0137. The molecule has 16 nitrogen and oxygen atoms in total. The minimum Gasteiger partial charge on any atom is -0.462 e. The molecule has 0 bridgehead atoms. The molecule has 0 aromatic rings. The van der Waals surface area contributed by atoms with Crippen molar-refractivity contribution in [2.75, 3.05) is 26.4 Å². The Kier molecular flexibility index (Phi) is 24.5. The van der Waals surface area contributed by atoms with Crippen LogP contribution in [-0.4, -0.2) is 136 Å². The third kappa shape index (κ3) is 22.3. The maximum absolute atomic E-state index is 12.8. The summed E-state index contributed by atoms with van der Waals surface area (Å²) in [6, 6.07) is 0. The molecule has 2 aliphatic carbocycles. The van der Waals surface area contributed by atoms with E-state index < -0.39 is 210 Å². The Morgan fingerprint density at radius 3 is 1.03 bits per heavy atom. The maximum atomic E-state index is 12.8. The average molecular weight is 1150 g/mol.